The zero-order valence-corrected chi connectivity index (χ0v) is 9.93. The molecular formula is C14H19NO2. The number of benzene rings is 1. The molecule has 0 aliphatic heterocycles. The fraction of sp³-hybridized carbons (Fsp3) is 0.500. The highest BCUT2D eigenvalue weighted by Crippen LogP contribution is 2.23. The summed E-state index contributed by atoms with van der Waals surface area (Å²) in [5.41, 5.74) is 0.698. The van der Waals surface area contributed by atoms with Gasteiger partial charge in [-0.1, -0.05) is 24.6 Å². The third-order valence-electron chi connectivity index (χ3n) is 3.34. The van der Waals surface area contributed by atoms with Crippen molar-refractivity contribution in [3.8, 4) is 0 Å². The third kappa shape index (κ3) is 3.56. The van der Waals surface area contributed by atoms with Gasteiger partial charge in [-0.2, -0.15) is 0 Å². The van der Waals surface area contributed by atoms with Crippen LogP contribution in [0.1, 0.15) is 36.0 Å². The van der Waals surface area contributed by atoms with Gasteiger partial charge in [-0.15, -0.1) is 0 Å². The number of amides is 1. The Bertz CT molecular complexity index is 364. The fourth-order valence-electron chi connectivity index (χ4n) is 2.38. The van der Waals surface area contributed by atoms with Crippen LogP contribution in [0.15, 0.2) is 30.3 Å². The maximum atomic E-state index is 11.8. The Hall–Kier alpha value is -1.35. The van der Waals surface area contributed by atoms with E-state index in [1.54, 1.807) is 0 Å². The topological polar surface area (TPSA) is 49.3 Å². The average molecular weight is 233 g/mol. The van der Waals surface area contributed by atoms with Gasteiger partial charge < -0.3 is 10.4 Å². The minimum Gasteiger partial charge on any atom is -0.393 e. The van der Waals surface area contributed by atoms with E-state index in [4.69, 9.17) is 0 Å². The Labute approximate surface area is 102 Å². The molecule has 1 aliphatic rings. The largest absolute Gasteiger partial charge is 0.393 e. The van der Waals surface area contributed by atoms with E-state index in [2.05, 4.69) is 5.32 Å². The lowest BCUT2D eigenvalue weighted by Crippen LogP contribution is -2.32. The summed E-state index contributed by atoms with van der Waals surface area (Å²) >= 11 is 0. The van der Waals surface area contributed by atoms with Gasteiger partial charge in [0.25, 0.3) is 5.91 Å². The summed E-state index contributed by atoms with van der Waals surface area (Å²) in [5, 5.41) is 12.5. The molecule has 1 aromatic carbocycles. The molecule has 92 valence electrons. The van der Waals surface area contributed by atoms with Crippen molar-refractivity contribution in [3.63, 3.8) is 0 Å². The number of aliphatic hydroxyl groups excluding tert-OH is 1. The van der Waals surface area contributed by atoms with E-state index in [1.807, 2.05) is 30.3 Å². The highest BCUT2D eigenvalue weighted by Gasteiger charge is 2.20. The number of rotatable bonds is 3. The van der Waals surface area contributed by atoms with Gasteiger partial charge in [-0.3, -0.25) is 4.79 Å². The van der Waals surface area contributed by atoms with E-state index < -0.39 is 0 Å². The van der Waals surface area contributed by atoms with Crippen LogP contribution < -0.4 is 5.32 Å². The Balaban J connectivity index is 1.80. The standard InChI is InChI=1S/C14H19NO2/c16-13-8-4-5-11(9-13)10-15-14(17)12-6-2-1-3-7-12/h1-3,6-7,11,13,16H,4-5,8-10H2,(H,15,17). The van der Waals surface area contributed by atoms with Gasteiger partial charge in [-0.05, 0) is 37.3 Å². The number of hydrogen-bond acceptors (Lipinski definition) is 2. The van der Waals surface area contributed by atoms with E-state index in [1.165, 1.54) is 0 Å². The summed E-state index contributed by atoms with van der Waals surface area (Å²) in [6.07, 6.45) is 3.71. The number of aliphatic hydroxyl groups is 1. The number of hydrogen-bond donors (Lipinski definition) is 2. The monoisotopic (exact) mass is 233 g/mol. The van der Waals surface area contributed by atoms with Crippen LogP contribution in [0.25, 0.3) is 0 Å². The Morgan fingerprint density at radius 3 is 2.76 bits per heavy atom. The second-order valence-corrected chi connectivity index (χ2v) is 4.76. The van der Waals surface area contributed by atoms with Crippen molar-refractivity contribution >= 4 is 5.91 Å². The fourth-order valence-corrected chi connectivity index (χ4v) is 2.38. The minimum atomic E-state index is -0.178. The Morgan fingerprint density at radius 2 is 2.06 bits per heavy atom. The molecule has 2 N–H and O–H groups in total. The molecule has 17 heavy (non-hydrogen) atoms. The van der Waals surface area contributed by atoms with Gasteiger partial charge in [-0.25, -0.2) is 0 Å². The normalized spacial score (nSPS) is 24.3. The number of carbonyl (C=O) groups excluding carboxylic acids is 1. The molecule has 0 spiro atoms. The first-order valence-corrected chi connectivity index (χ1v) is 6.27. The van der Waals surface area contributed by atoms with Gasteiger partial charge in [0.2, 0.25) is 0 Å². The molecule has 1 saturated carbocycles. The molecule has 1 aliphatic carbocycles. The first-order chi connectivity index (χ1) is 8.25. The van der Waals surface area contributed by atoms with Crippen molar-refractivity contribution in [1.29, 1.82) is 0 Å². The van der Waals surface area contributed by atoms with Crippen molar-refractivity contribution in [1.82, 2.24) is 5.32 Å². The molecule has 1 amide bonds. The van der Waals surface area contributed by atoms with Crippen LogP contribution in [-0.4, -0.2) is 23.7 Å². The van der Waals surface area contributed by atoms with Gasteiger partial charge in [0, 0.05) is 12.1 Å². The van der Waals surface area contributed by atoms with Gasteiger partial charge >= 0.3 is 0 Å². The maximum Gasteiger partial charge on any atom is 0.251 e. The predicted molar refractivity (Wildman–Crippen MR) is 66.7 cm³/mol. The lowest BCUT2D eigenvalue weighted by molar-refractivity contribution is 0.0874. The zero-order valence-electron chi connectivity index (χ0n) is 9.93. The molecule has 0 saturated heterocycles. The van der Waals surface area contributed by atoms with E-state index >= 15 is 0 Å². The molecule has 1 aromatic rings. The summed E-state index contributed by atoms with van der Waals surface area (Å²) < 4.78 is 0. The van der Waals surface area contributed by atoms with Gasteiger partial charge in [0.05, 0.1) is 6.10 Å². The van der Waals surface area contributed by atoms with E-state index in [9.17, 15) is 9.90 Å². The van der Waals surface area contributed by atoms with Gasteiger partial charge in [0.1, 0.15) is 0 Å². The van der Waals surface area contributed by atoms with E-state index in [0.29, 0.717) is 18.0 Å². The summed E-state index contributed by atoms with van der Waals surface area (Å²) in [7, 11) is 0. The molecule has 2 rings (SSSR count). The third-order valence-corrected chi connectivity index (χ3v) is 3.34. The van der Waals surface area contributed by atoms with Crippen LogP contribution in [-0.2, 0) is 0 Å². The Morgan fingerprint density at radius 1 is 1.29 bits per heavy atom. The van der Waals surface area contributed by atoms with Crippen molar-refractivity contribution in [2.45, 2.75) is 31.8 Å². The zero-order chi connectivity index (χ0) is 12.1. The van der Waals surface area contributed by atoms with Crippen LogP contribution in [0.5, 0.6) is 0 Å². The van der Waals surface area contributed by atoms with E-state index in [0.717, 1.165) is 25.7 Å². The second kappa shape index (κ2) is 5.82. The smallest absolute Gasteiger partial charge is 0.251 e. The van der Waals surface area contributed by atoms with Crippen molar-refractivity contribution in [2.75, 3.05) is 6.54 Å². The molecule has 2 atom stereocenters. The molecule has 0 aromatic heterocycles. The molecule has 0 radical (unpaired) electrons. The molecule has 0 heterocycles. The van der Waals surface area contributed by atoms with E-state index in [-0.39, 0.29) is 12.0 Å². The molecule has 3 nitrogen and oxygen atoms in total. The first kappa shape index (κ1) is 12.1. The maximum absolute atomic E-state index is 11.8. The average Bonchev–Trinajstić information content (AvgIpc) is 2.37. The molecule has 2 unspecified atom stereocenters. The van der Waals surface area contributed by atoms with Crippen LogP contribution in [0, 0.1) is 5.92 Å². The van der Waals surface area contributed by atoms with Crippen LogP contribution in [0.3, 0.4) is 0 Å². The summed E-state index contributed by atoms with van der Waals surface area (Å²) in [5.74, 6) is 0.400. The molecule has 1 fully saturated rings. The summed E-state index contributed by atoms with van der Waals surface area (Å²) in [4.78, 5) is 11.8. The van der Waals surface area contributed by atoms with Gasteiger partial charge in [0.15, 0.2) is 0 Å². The van der Waals surface area contributed by atoms with Crippen LogP contribution in [0.2, 0.25) is 0 Å². The van der Waals surface area contributed by atoms with Crippen LogP contribution >= 0.6 is 0 Å². The SMILES string of the molecule is O=C(NCC1CCCC(O)C1)c1ccccc1. The number of carbonyl (C=O) groups is 1. The van der Waals surface area contributed by atoms with Crippen LogP contribution in [0.4, 0.5) is 0 Å². The lowest BCUT2D eigenvalue weighted by Gasteiger charge is -2.25. The summed E-state index contributed by atoms with van der Waals surface area (Å²) in [6, 6.07) is 9.24. The molecular weight excluding hydrogens is 214 g/mol. The second-order valence-electron chi connectivity index (χ2n) is 4.76. The predicted octanol–water partition coefficient (Wildman–Crippen LogP) is 1.97. The van der Waals surface area contributed by atoms with Crippen molar-refractivity contribution in [2.24, 2.45) is 5.92 Å². The highest BCUT2D eigenvalue weighted by molar-refractivity contribution is 5.94. The highest BCUT2D eigenvalue weighted by atomic mass is 16.3. The van der Waals surface area contributed by atoms with Crippen molar-refractivity contribution in [3.05, 3.63) is 35.9 Å². The number of nitrogens with one attached hydrogen (secondary N) is 1. The molecule has 0 bridgehead atoms. The summed E-state index contributed by atoms with van der Waals surface area (Å²) in [6.45, 7) is 0.671. The Kier molecular flexibility index (Phi) is 4.15. The van der Waals surface area contributed by atoms with Crippen molar-refractivity contribution < 1.29 is 9.90 Å². The lowest BCUT2D eigenvalue weighted by atomic mass is 9.87. The quantitative estimate of drug-likeness (QED) is 0.838. The first-order valence-electron chi connectivity index (χ1n) is 6.27. The molecule has 3 heteroatoms. The minimum absolute atomic E-state index is 0.0225.